The van der Waals surface area contributed by atoms with Crippen LogP contribution in [0.2, 0.25) is 0 Å². The van der Waals surface area contributed by atoms with Crippen molar-refractivity contribution in [2.45, 2.75) is 315 Å². The Bertz CT molecular complexity index is 909. The second kappa shape index (κ2) is 51.2. The first-order valence-corrected chi connectivity index (χ1v) is 27.4. The van der Waals surface area contributed by atoms with Crippen LogP contribution in [0.5, 0.6) is 0 Å². The van der Waals surface area contributed by atoms with Crippen LogP contribution in [0, 0.1) is 0 Å². The molecule has 0 saturated heterocycles. The summed E-state index contributed by atoms with van der Waals surface area (Å²) < 4.78 is 5.42. The predicted molar refractivity (Wildman–Crippen MR) is 264 cm³/mol. The van der Waals surface area contributed by atoms with Gasteiger partial charge in [0.25, 0.3) is 0 Å². The Labute approximate surface area is 380 Å². The van der Waals surface area contributed by atoms with E-state index in [1.165, 1.54) is 199 Å². The number of nitrogens with one attached hydrogen (secondary N) is 1. The Morgan fingerprint density at radius 3 is 1.20 bits per heavy atom. The Kier molecular flexibility index (Phi) is 50.1. The highest BCUT2D eigenvalue weighted by Crippen LogP contribution is 2.17. The highest BCUT2D eigenvalue weighted by molar-refractivity contribution is 5.76. The van der Waals surface area contributed by atoms with Gasteiger partial charge in [0.2, 0.25) is 5.91 Å². The van der Waals surface area contributed by atoms with Gasteiger partial charge in [-0.05, 0) is 44.9 Å². The van der Waals surface area contributed by atoms with Gasteiger partial charge in [-0.1, -0.05) is 257 Å². The normalized spacial score (nSPS) is 12.7. The van der Waals surface area contributed by atoms with E-state index in [0.29, 0.717) is 25.9 Å². The second-order valence-electron chi connectivity index (χ2n) is 18.9. The van der Waals surface area contributed by atoms with E-state index in [9.17, 15) is 19.8 Å². The minimum Gasteiger partial charge on any atom is -0.466 e. The zero-order chi connectivity index (χ0) is 44.4. The van der Waals surface area contributed by atoms with Gasteiger partial charge in [0, 0.05) is 12.8 Å². The van der Waals surface area contributed by atoms with E-state index < -0.39 is 12.1 Å². The summed E-state index contributed by atoms with van der Waals surface area (Å²) in [7, 11) is 0. The largest absolute Gasteiger partial charge is 0.466 e. The van der Waals surface area contributed by atoms with Crippen molar-refractivity contribution >= 4 is 11.9 Å². The van der Waals surface area contributed by atoms with Crippen LogP contribution in [0.15, 0.2) is 12.2 Å². The van der Waals surface area contributed by atoms with Crippen molar-refractivity contribution in [3.63, 3.8) is 0 Å². The van der Waals surface area contributed by atoms with E-state index in [0.717, 1.165) is 70.6 Å². The Morgan fingerprint density at radius 2 is 0.787 bits per heavy atom. The Balaban J connectivity index is 3.51. The number of amides is 1. The molecule has 6 heteroatoms. The summed E-state index contributed by atoms with van der Waals surface area (Å²) in [5, 5.41) is 23.3. The first kappa shape index (κ1) is 59.6. The molecule has 2 atom stereocenters. The van der Waals surface area contributed by atoms with Crippen molar-refractivity contribution in [2.75, 3.05) is 13.2 Å². The van der Waals surface area contributed by atoms with Crippen LogP contribution in [0.3, 0.4) is 0 Å². The predicted octanol–water partition coefficient (Wildman–Crippen LogP) is 16.5. The number of hydrogen-bond donors (Lipinski definition) is 3. The third-order valence-corrected chi connectivity index (χ3v) is 12.8. The van der Waals surface area contributed by atoms with E-state index in [-0.39, 0.29) is 18.5 Å². The Hall–Kier alpha value is -1.40. The lowest BCUT2D eigenvalue weighted by Gasteiger charge is -2.22. The van der Waals surface area contributed by atoms with E-state index in [4.69, 9.17) is 4.74 Å². The molecule has 2 unspecified atom stereocenters. The van der Waals surface area contributed by atoms with Gasteiger partial charge in [-0.3, -0.25) is 9.59 Å². The highest BCUT2D eigenvalue weighted by atomic mass is 16.5. The highest BCUT2D eigenvalue weighted by Gasteiger charge is 2.20. The van der Waals surface area contributed by atoms with Crippen molar-refractivity contribution in [2.24, 2.45) is 0 Å². The number of rotatable bonds is 51. The van der Waals surface area contributed by atoms with Gasteiger partial charge in [-0.15, -0.1) is 0 Å². The molecule has 362 valence electrons. The van der Waals surface area contributed by atoms with Crippen molar-refractivity contribution in [1.82, 2.24) is 5.32 Å². The number of ether oxygens (including phenoxy) is 1. The minimum absolute atomic E-state index is 0.0349. The van der Waals surface area contributed by atoms with Gasteiger partial charge in [0.15, 0.2) is 0 Å². The summed E-state index contributed by atoms with van der Waals surface area (Å²) in [5.74, 6) is -0.127. The van der Waals surface area contributed by atoms with Crippen LogP contribution in [-0.4, -0.2) is 47.4 Å². The second-order valence-corrected chi connectivity index (χ2v) is 18.9. The van der Waals surface area contributed by atoms with Crippen LogP contribution in [0.4, 0.5) is 0 Å². The lowest BCUT2D eigenvalue weighted by atomic mass is 10.0. The fraction of sp³-hybridized carbons (Fsp3) is 0.927. The molecule has 0 saturated carbocycles. The Morgan fingerprint density at radius 1 is 0.443 bits per heavy atom. The van der Waals surface area contributed by atoms with Crippen LogP contribution in [0.25, 0.3) is 0 Å². The van der Waals surface area contributed by atoms with Crippen molar-refractivity contribution in [3.05, 3.63) is 12.2 Å². The standard InChI is InChI=1S/C55H107NO5/c1-3-5-7-9-11-13-15-16-17-18-19-20-21-22-23-24-25-26-27-29-31-35-39-43-47-53(58)52(51-57)56-54(59)48-44-40-36-32-30-34-38-42-46-50-61-55(60)49-45-41-37-33-28-14-12-10-8-6-4-2/h32,36,52-53,57-58H,3-31,33-35,37-51H2,1-2H3,(H,56,59)/b36-32-. The van der Waals surface area contributed by atoms with Crippen LogP contribution < -0.4 is 5.32 Å². The first-order valence-electron chi connectivity index (χ1n) is 27.4. The number of hydrogen-bond acceptors (Lipinski definition) is 5. The molecule has 0 rings (SSSR count). The fourth-order valence-electron chi connectivity index (χ4n) is 8.59. The number of unbranched alkanes of at least 4 members (excludes halogenated alkanes) is 38. The molecule has 0 aliphatic carbocycles. The molecule has 0 spiro atoms. The molecule has 61 heavy (non-hydrogen) atoms. The van der Waals surface area contributed by atoms with E-state index in [1.807, 2.05) is 0 Å². The molecule has 6 nitrogen and oxygen atoms in total. The maximum absolute atomic E-state index is 12.5. The number of carbonyl (C=O) groups is 2. The summed E-state index contributed by atoms with van der Waals surface area (Å²) in [5.41, 5.74) is 0. The third kappa shape index (κ3) is 47.9. The van der Waals surface area contributed by atoms with Gasteiger partial charge >= 0.3 is 5.97 Å². The minimum atomic E-state index is -0.695. The third-order valence-electron chi connectivity index (χ3n) is 12.8. The zero-order valence-corrected chi connectivity index (χ0v) is 41.2. The van der Waals surface area contributed by atoms with E-state index in [1.54, 1.807) is 0 Å². The fourth-order valence-corrected chi connectivity index (χ4v) is 8.59. The maximum Gasteiger partial charge on any atom is 0.305 e. The molecular weight excluding hydrogens is 755 g/mol. The molecule has 0 fully saturated rings. The van der Waals surface area contributed by atoms with E-state index in [2.05, 4.69) is 31.3 Å². The molecule has 0 aromatic rings. The van der Waals surface area contributed by atoms with Gasteiger partial charge < -0.3 is 20.3 Å². The number of aliphatic hydroxyl groups excluding tert-OH is 2. The molecule has 0 aliphatic heterocycles. The molecule has 0 heterocycles. The number of allylic oxidation sites excluding steroid dienone is 2. The lowest BCUT2D eigenvalue weighted by Crippen LogP contribution is -2.45. The summed E-state index contributed by atoms with van der Waals surface area (Å²) in [6.45, 7) is 4.87. The smallest absolute Gasteiger partial charge is 0.305 e. The van der Waals surface area contributed by atoms with Crippen LogP contribution in [0.1, 0.15) is 303 Å². The number of carbonyl (C=O) groups excluding carboxylic acids is 2. The summed E-state index contributed by atoms with van der Waals surface area (Å²) in [6.07, 6.45) is 59.2. The summed E-state index contributed by atoms with van der Waals surface area (Å²) >= 11 is 0. The summed E-state index contributed by atoms with van der Waals surface area (Å²) in [6, 6.07) is -0.578. The quantitative estimate of drug-likeness (QED) is 0.0322. The molecule has 1 amide bonds. The topological polar surface area (TPSA) is 95.9 Å². The zero-order valence-electron chi connectivity index (χ0n) is 41.2. The molecule has 0 radical (unpaired) electrons. The molecule has 0 aromatic heterocycles. The van der Waals surface area contributed by atoms with Gasteiger partial charge in [0.1, 0.15) is 0 Å². The average Bonchev–Trinajstić information content (AvgIpc) is 3.26. The molecular formula is C55H107NO5. The molecule has 0 aromatic carbocycles. The molecule has 3 N–H and O–H groups in total. The number of esters is 1. The average molecular weight is 862 g/mol. The number of aliphatic hydroxyl groups is 2. The van der Waals surface area contributed by atoms with Crippen molar-refractivity contribution in [3.8, 4) is 0 Å². The summed E-state index contributed by atoms with van der Waals surface area (Å²) in [4.78, 5) is 24.4. The molecule has 0 bridgehead atoms. The SMILES string of the molecule is CCCCCCCCCCCCCCCCCCCCCCCCCCC(O)C(CO)NC(=O)CCC/C=C\CCCCCCOC(=O)CCCCCCCCCCCCC. The van der Waals surface area contributed by atoms with Crippen LogP contribution in [-0.2, 0) is 14.3 Å². The van der Waals surface area contributed by atoms with Gasteiger partial charge in [-0.25, -0.2) is 0 Å². The lowest BCUT2D eigenvalue weighted by molar-refractivity contribution is -0.143. The van der Waals surface area contributed by atoms with E-state index >= 15 is 0 Å². The maximum atomic E-state index is 12.5. The van der Waals surface area contributed by atoms with Crippen LogP contribution >= 0.6 is 0 Å². The van der Waals surface area contributed by atoms with Gasteiger partial charge in [0.05, 0.1) is 25.4 Å². The first-order chi connectivity index (χ1) is 30.0. The van der Waals surface area contributed by atoms with Crippen molar-refractivity contribution < 1.29 is 24.5 Å². The van der Waals surface area contributed by atoms with Crippen molar-refractivity contribution in [1.29, 1.82) is 0 Å². The molecule has 0 aliphatic rings. The van der Waals surface area contributed by atoms with Gasteiger partial charge in [-0.2, -0.15) is 0 Å². The monoisotopic (exact) mass is 862 g/mol.